The topological polar surface area (TPSA) is 64.9 Å². The van der Waals surface area contributed by atoms with Crippen LogP contribution in [0, 0.1) is 11.6 Å². The lowest BCUT2D eigenvalue weighted by atomic mass is 10.2. The van der Waals surface area contributed by atoms with Crippen LogP contribution in [0.1, 0.15) is 12.8 Å². The molecule has 2 rings (SSSR count). The van der Waals surface area contributed by atoms with Crippen molar-refractivity contribution in [3.8, 4) is 11.4 Å². The number of unbranched alkanes of at least 4 members (excludes halogenated alkanes) is 1. The number of ether oxygens (including phenoxy) is 1. The van der Waals surface area contributed by atoms with Gasteiger partial charge in [-0.15, -0.1) is 5.10 Å². The van der Waals surface area contributed by atoms with Gasteiger partial charge in [0.15, 0.2) is 11.6 Å². The average Bonchev–Trinajstić information content (AvgIpc) is 2.97. The summed E-state index contributed by atoms with van der Waals surface area (Å²) in [7, 11) is 1.85. The van der Waals surface area contributed by atoms with Gasteiger partial charge in [0.2, 0.25) is 5.82 Å². The molecule has 2 aromatic rings. The fraction of sp³-hybridized carbons (Fsp3) is 0.417. The number of aromatic nitrogens is 4. The maximum atomic E-state index is 13.9. The average molecular weight is 283 g/mol. The lowest BCUT2D eigenvalue weighted by Gasteiger charge is -2.09. The van der Waals surface area contributed by atoms with Crippen LogP contribution in [-0.4, -0.2) is 40.4 Å². The number of nitrogens with one attached hydrogen (secondary N) is 1. The Bertz CT molecular complexity index is 547. The predicted octanol–water partition coefficient (Wildman–Crippen LogP) is 1.32. The first-order chi connectivity index (χ1) is 9.74. The maximum absolute atomic E-state index is 13.9. The monoisotopic (exact) mass is 283 g/mol. The van der Waals surface area contributed by atoms with E-state index in [-0.39, 0.29) is 11.4 Å². The summed E-state index contributed by atoms with van der Waals surface area (Å²) in [6.07, 6.45) is 2.86. The van der Waals surface area contributed by atoms with E-state index < -0.39 is 11.6 Å². The molecule has 0 radical (unpaired) electrons. The number of nitrogens with zero attached hydrogens (tertiary/aromatic N) is 4. The minimum Gasteiger partial charge on any atom is -0.490 e. The van der Waals surface area contributed by atoms with Crippen molar-refractivity contribution in [2.75, 3.05) is 20.2 Å². The summed E-state index contributed by atoms with van der Waals surface area (Å²) in [6, 6.07) is 2.74. The Labute approximate surface area is 114 Å². The third kappa shape index (κ3) is 3.27. The number of hydrogen-bond acceptors (Lipinski definition) is 5. The van der Waals surface area contributed by atoms with Crippen LogP contribution in [0.25, 0.3) is 5.69 Å². The third-order valence-corrected chi connectivity index (χ3v) is 2.70. The first kappa shape index (κ1) is 14.3. The molecule has 1 heterocycles. The highest BCUT2D eigenvalue weighted by Crippen LogP contribution is 2.24. The van der Waals surface area contributed by atoms with Gasteiger partial charge in [0.05, 0.1) is 6.61 Å². The molecule has 0 atom stereocenters. The minimum absolute atomic E-state index is 0.0602. The zero-order valence-electron chi connectivity index (χ0n) is 11.0. The van der Waals surface area contributed by atoms with Crippen LogP contribution in [0.5, 0.6) is 5.75 Å². The van der Waals surface area contributed by atoms with Crippen molar-refractivity contribution in [2.24, 2.45) is 0 Å². The zero-order chi connectivity index (χ0) is 14.4. The van der Waals surface area contributed by atoms with E-state index in [4.69, 9.17) is 4.74 Å². The largest absolute Gasteiger partial charge is 0.490 e. The van der Waals surface area contributed by atoms with Gasteiger partial charge in [0.25, 0.3) is 0 Å². The highest BCUT2D eigenvalue weighted by molar-refractivity contribution is 5.39. The second-order valence-corrected chi connectivity index (χ2v) is 4.12. The van der Waals surface area contributed by atoms with Crippen molar-refractivity contribution < 1.29 is 13.5 Å². The molecule has 0 amide bonds. The summed E-state index contributed by atoms with van der Waals surface area (Å²) >= 11 is 0. The van der Waals surface area contributed by atoms with Gasteiger partial charge in [-0.2, -0.15) is 9.07 Å². The van der Waals surface area contributed by atoms with Gasteiger partial charge in [0, 0.05) is 0 Å². The van der Waals surface area contributed by atoms with Gasteiger partial charge in [-0.1, -0.05) is 0 Å². The van der Waals surface area contributed by atoms with Gasteiger partial charge < -0.3 is 10.1 Å². The second kappa shape index (κ2) is 6.90. The Morgan fingerprint density at radius 1 is 1.25 bits per heavy atom. The SMILES string of the molecule is CNCCCCOc1ccc(-n2cnnn2)c(F)c1F. The van der Waals surface area contributed by atoms with Crippen LogP contribution in [0.4, 0.5) is 8.78 Å². The normalized spacial score (nSPS) is 10.8. The van der Waals surface area contributed by atoms with Gasteiger partial charge in [-0.05, 0) is 49.0 Å². The summed E-state index contributed by atoms with van der Waals surface area (Å²) in [5.74, 6) is -2.18. The van der Waals surface area contributed by atoms with E-state index in [1.54, 1.807) is 0 Å². The van der Waals surface area contributed by atoms with E-state index in [0.717, 1.165) is 24.1 Å². The molecule has 1 aromatic heterocycles. The summed E-state index contributed by atoms with van der Waals surface area (Å²) < 4.78 is 34.0. The van der Waals surface area contributed by atoms with Crippen LogP contribution in [0.15, 0.2) is 18.5 Å². The van der Waals surface area contributed by atoms with E-state index in [9.17, 15) is 8.78 Å². The Morgan fingerprint density at radius 3 is 2.80 bits per heavy atom. The third-order valence-electron chi connectivity index (χ3n) is 2.70. The van der Waals surface area contributed by atoms with E-state index >= 15 is 0 Å². The van der Waals surface area contributed by atoms with Crippen molar-refractivity contribution >= 4 is 0 Å². The molecular formula is C12H15F2N5O. The summed E-state index contributed by atoms with van der Waals surface area (Å²) in [5, 5.41) is 13.3. The van der Waals surface area contributed by atoms with Crippen molar-refractivity contribution in [1.82, 2.24) is 25.5 Å². The second-order valence-electron chi connectivity index (χ2n) is 4.12. The van der Waals surface area contributed by atoms with Crippen LogP contribution in [0.3, 0.4) is 0 Å². The molecule has 20 heavy (non-hydrogen) atoms. The number of tetrazole rings is 1. The molecule has 1 aromatic carbocycles. The minimum atomic E-state index is -1.04. The molecule has 0 bridgehead atoms. The summed E-state index contributed by atoms with van der Waals surface area (Å²) in [6.45, 7) is 1.20. The molecule has 0 aliphatic rings. The highest BCUT2D eigenvalue weighted by Gasteiger charge is 2.16. The number of halogens is 2. The van der Waals surface area contributed by atoms with E-state index in [0.29, 0.717) is 6.61 Å². The zero-order valence-corrected chi connectivity index (χ0v) is 11.0. The Morgan fingerprint density at radius 2 is 2.10 bits per heavy atom. The van der Waals surface area contributed by atoms with Crippen molar-refractivity contribution in [2.45, 2.75) is 12.8 Å². The van der Waals surface area contributed by atoms with Crippen molar-refractivity contribution in [1.29, 1.82) is 0 Å². The Kier molecular flexibility index (Phi) is 4.94. The Balaban J connectivity index is 2.03. The summed E-state index contributed by atoms with van der Waals surface area (Å²) in [4.78, 5) is 0. The standard InChI is InChI=1S/C12H15F2N5O/c1-15-6-2-3-7-20-10-5-4-9(11(13)12(10)14)19-8-16-17-18-19/h4-5,8,15H,2-3,6-7H2,1H3. The molecule has 108 valence electrons. The van der Waals surface area contributed by atoms with Crippen LogP contribution >= 0.6 is 0 Å². The smallest absolute Gasteiger partial charge is 0.202 e. The molecule has 0 saturated carbocycles. The Hall–Kier alpha value is -2.09. The fourth-order valence-corrected chi connectivity index (χ4v) is 1.67. The van der Waals surface area contributed by atoms with Crippen molar-refractivity contribution in [3.05, 3.63) is 30.1 Å². The molecule has 8 heteroatoms. The molecule has 0 fully saturated rings. The van der Waals surface area contributed by atoms with E-state index in [1.165, 1.54) is 18.5 Å². The molecule has 0 aliphatic heterocycles. The molecule has 6 nitrogen and oxygen atoms in total. The number of hydrogen-bond donors (Lipinski definition) is 1. The van der Waals surface area contributed by atoms with E-state index in [2.05, 4.69) is 20.8 Å². The van der Waals surface area contributed by atoms with Crippen LogP contribution in [0.2, 0.25) is 0 Å². The highest BCUT2D eigenvalue weighted by atomic mass is 19.2. The van der Waals surface area contributed by atoms with Gasteiger partial charge >= 0.3 is 0 Å². The first-order valence-electron chi connectivity index (χ1n) is 6.23. The van der Waals surface area contributed by atoms with Crippen LogP contribution in [-0.2, 0) is 0 Å². The molecule has 0 saturated heterocycles. The fourth-order valence-electron chi connectivity index (χ4n) is 1.67. The molecule has 0 unspecified atom stereocenters. The number of benzene rings is 1. The van der Waals surface area contributed by atoms with Gasteiger partial charge in [-0.3, -0.25) is 0 Å². The molecule has 1 N–H and O–H groups in total. The lowest BCUT2D eigenvalue weighted by Crippen LogP contribution is -2.10. The molecule has 0 spiro atoms. The maximum Gasteiger partial charge on any atom is 0.202 e. The van der Waals surface area contributed by atoms with E-state index in [1.807, 2.05) is 7.05 Å². The quantitative estimate of drug-likeness (QED) is 0.776. The van der Waals surface area contributed by atoms with Gasteiger partial charge in [0.1, 0.15) is 12.0 Å². The molecular weight excluding hydrogens is 268 g/mol. The predicted molar refractivity (Wildman–Crippen MR) is 67.7 cm³/mol. The van der Waals surface area contributed by atoms with Gasteiger partial charge in [-0.25, -0.2) is 4.39 Å². The van der Waals surface area contributed by atoms with Crippen molar-refractivity contribution in [3.63, 3.8) is 0 Å². The summed E-state index contributed by atoms with van der Waals surface area (Å²) in [5.41, 5.74) is -0.0602. The lowest BCUT2D eigenvalue weighted by molar-refractivity contribution is 0.286. The first-order valence-corrected chi connectivity index (χ1v) is 6.23. The molecule has 0 aliphatic carbocycles. The number of rotatable bonds is 7. The van der Waals surface area contributed by atoms with Crippen LogP contribution < -0.4 is 10.1 Å².